The molecule has 0 aliphatic heterocycles. The van der Waals surface area contributed by atoms with Crippen LogP contribution >= 0.6 is 0 Å². The van der Waals surface area contributed by atoms with E-state index in [4.69, 9.17) is 9.47 Å². The van der Waals surface area contributed by atoms with Crippen LogP contribution in [0.3, 0.4) is 0 Å². The molecule has 0 radical (unpaired) electrons. The zero-order chi connectivity index (χ0) is 20.6. The summed E-state index contributed by atoms with van der Waals surface area (Å²) < 4.78 is 11.3. The lowest BCUT2D eigenvalue weighted by molar-refractivity contribution is 0.299. The summed E-state index contributed by atoms with van der Waals surface area (Å²) in [5.74, 6) is 1.46. The molecule has 0 saturated heterocycles. The Morgan fingerprint density at radius 2 is 1.87 bits per heavy atom. The second-order valence-electron chi connectivity index (χ2n) is 6.55. The summed E-state index contributed by atoms with van der Waals surface area (Å²) in [6, 6.07) is 17.4. The van der Waals surface area contributed by atoms with E-state index in [0.717, 1.165) is 39.8 Å². The molecule has 2 N–H and O–H groups in total. The molecule has 0 amide bonds. The van der Waals surface area contributed by atoms with Gasteiger partial charge in [-0.05, 0) is 66.8 Å². The van der Waals surface area contributed by atoms with Gasteiger partial charge in [0.1, 0.15) is 18.1 Å². The summed E-state index contributed by atoms with van der Waals surface area (Å²) in [6.07, 6.45) is 11.5. The molecule has 6 heteroatoms. The predicted molar refractivity (Wildman–Crippen MR) is 119 cm³/mol. The van der Waals surface area contributed by atoms with Crippen LogP contribution in [0.2, 0.25) is 0 Å². The first-order valence-electron chi connectivity index (χ1n) is 9.56. The third-order valence-corrected chi connectivity index (χ3v) is 4.43. The van der Waals surface area contributed by atoms with Gasteiger partial charge in [-0.3, -0.25) is 10.1 Å². The molecule has 0 spiro atoms. The van der Waals surface area contributed by atoms with Crippen LogP contribution in [0, 0.1) is 0 Å². The first-order valence-corrected chi connectivity index (χ1v) is 9.56. The van der Waals surface area contributed by atoms with Crippen molar-refractivity contribution in [3.8, 4) is 11.5 Å². The molecule has 3 heterocycles. The van der Waals surface area contributed by atoms with Gasteiger partial charge in [-0.25, -0.2) is 0 Å². The highest BCUT2D eigenvalue weighted by atomic mass is 16.5. The fraction of sp³-hybridized carbons (Fsp3) is 0.0833. The van der Waals surface area contributed by atoms with Crippen molar-refractivity contribution in [3.05, 3.63) is 95.3 Å². The SMILES string of the molecule is COc1cc(OCc2ccccn2)ccc1C=Cc1cc(C=Cc2ccc[nH]2)[nH]n1. The van der Waals surface area contributed by atoms with Gasteiger partial charge < -0.3 is 14.5 Å². The zero-order valence-electron chi connectivity index (χ0n) is 16.6. The fourth-order valence-corrected chi connectivity index (χ4v) is 2.89. The van der Waals surface area contributed by atoms with Crippen molar-refractivity contribution in [2.45, 2.75) is 6.61 Å². The van der Waals surface area contributed by atoms with Crippen molar-refractivity contribution in [1.29, 1.82) is 0 Å². The van der Waals surface area contributed by atoms with E-state index in [1.54, 1.807) is 13.3 Å². The Kier molecular flexibility index (Phi) is 6.05. The second kappa shape index (κ2) is 9.43. The van der Waals surface area contributed by atoms with Crippen molar-refractivity contribution in [3.63, 3.8) is 0 Å². The van der Waals surface area contributed by atoms with Crippen LogP contribution in [0.25, 0.3) is 24.3 Å². The highest BCUT2D eigenvalue weighted by molar-refractivity contribution is 5.73. The van der Waals surface area contributed by atoms with Crippen LogP contribution in [0.15, 0.2) is 67.0 Å². The Bertz CT molecular complexity index is 1130. The minimum absolute atomic E-state index is 0.408. The van der Waals surface area contributed by atoms with E-state index < -0.39 is 0 Å². The molecular weight excluding hydrogens is 376 g/mol. The smallest absolute Gasteiger partial charge is 0.130 e. The fourth-order valence-electron chi connectivity index (χ4n) is 2.89. The highest BCUT2D eigenvalue weighted by Gasteiger charge is 2.04. The topological polar surface area (TPSA) is 75.8 Å². The van der Waals surface area contributed by atoms with Crippen molar-refractivity contribution in [2.75, 3.05) is 7.11 Å². The number of ether oxygens (including phenoxy) is 2. The third kappa shape index (κ3) is 5.05. The number of hydrogen-bond donors (Lipinski definition) is 2. The number of nitrogens with one attached hydrogen (secondary N) is 2. The monoisotopic (exact) mass is 398 g/mol. The Hall–Kier alpha value is -4.06. The number of hydrogen-bond acceptors (Lipinski definition) is 4. The molecule has 0 aliphatic rings. The molecule has 3 aromatic heterocycles. The number of nitrogens with zero attached hydrogens (tertiary/aromatic N) is 2. The van der Waals surface area contributed by atoms with Crippen molar-refractivity contribution in [1.82, 2.24) is 20.2 Å². The Labute approximate surface area is 174 Å². The minimum atomic E-state index is 0.408. The molecule has 150 valence electrons. The summed E-state index contributed by atoms with van der Waals surface area (Å²) >= 11 is 0. The van der Waals surface area contributed by atoms with Gasteiger partial charge in [0, 0.05) is 29.7 Å². The Morgan fingerprint density at radius 3 is 2.67 bits per heavy atom. The van der Waals surface area contributed by atoms with Crippen LogP contribution in [0.4, 0.5) is 0 Å². The Morgan fingerprint density at radius 1 is 0.933 bits per heavy atom. The van der Waals surface area contributed by atoms with Gasteiger partial charge in [-0.1, -0.05) is 6.07 Å². The van der Waals surface area contributed by atoms with Gasteiger partial charge in [0.2, 0.25) is 0 Å². The number of H-pyrrole nitrogens is 2. The number of aromatic amines is 2. The van der Waals surface area contributed by atoms with Crippen LogP contribution < -0.4 is 9.47 Å². The van der Waals surface area contributed by atoms with E-state index >= 15 is 0 Å². The number of rotatable bonds is 8. The van der Waals surface area contributed by atoms with E-state index in [1.807, 2.05) is 85.1 Å². The maximum Gasteiger partial charge on any atom is 0.130 e. The molecule has 0 saturated carbocycles. The predicted octanol–water partition coefficient (Wildman–Crippen LogP) is 5.06. The van der Waals surface area contributed by atoms with E-state index in [-0.39, 0.29) is 0 Å². The van der Waals surface area contributed by atoms with Crippen LogP contribution in [-0.2, 0) is 6.61 Å². The lowest BCUT2D eigenvalue weighted by Crippen LogP contribution is -1.98. The maximum atomic E-state index is 5.82. The molecule has 6 nitrogen and oxygen atoms in total. The van der Waals surface area contributed by atoms with E-state index in [1.165, 1.54) is 0 Å². The molecule has 0 bridgehead atoms. The van der Waals surface area contributed by atoms with E-state index in [9.17, 15) is 0 Å². The van der Waals surface area contributed by atoms with E-state index in [0.29, 0.717) is 6.61 Å². The molecule has 0 aliphatic carbocycles. The number of benzene rings is 1. The van der Waals surface area contributed by atoms with Crippen LogP contribution in [0.1, 0.15) is 28.3 Å². The molecule has 0 atom stereocenters. The van der Waals surface area contributed by atoms with Gasteiger partial charge in [-0.15, -0.1) is 0 Å². The third-order valence-electron chi connectivity index (χ3n) is 4.43. The van der Waals surface area contributed by atoms with Gasteiger partial charge in [0.25, 0.3) is 0 Å². The highest BCUT2D eigenvalue weighted by Crippen LogP contribution is 2.27. The van der Waals surface area contributed by atoms with Crippen molar-refractivity contribution >= 4 is 24.3 Å². The molecule has 1 aromatic carbocycles. The van der Waals surface area contributed by atoms with Crippen molar-refractivity contribution in [2.24, 2.45) is 0 Å². The molecule has 4 rings (SSSR count). The molecule has 0 unspecified atom stereocenters. The van der Waals surface area contributed by atoms with Crippen LogP contribution in [-0.4, -0.2) is 27.3 Å². The molecule has 0 fully saturated rings. The molecule has 30 heavy (non-hydrogen) atoms. The van der Waals surface area contributed by atoms with E-state index in [2.05, 4.69) is 20.2 Å². The normalized spacial score (nSPS) is 11.4. The first-order chi connectivity index (χ1) is 14.8. The standard InChI is InChI=1S/C24H22N4O2/c1-29-24-16-23(30-17-22-5-2-3-13-26-22)12-8-18(24)7-9-20-15-21(28-27-20)11-10-19-6-4-14-25-19/h2-16,25H,17H2,1H3,(H,27,28). The minimum Gasteiger partial charge on any atom is -0.496 e. The van der Waals surface area contributed by atoms with Gasteiger partial charge >= 0.3 is 0 Å². The number of methoxy groups -OCH3 is 1. The lowest BCUT2D eigenvalue weighted by atomic mass is 10.1. The number of aromatic nitrogens is 4. The average molecular weight is 398 g/mol. The number of pyridine rings is 1. The Balaban J connectivity index is 1.41. The molecular formula is C24H22N4O2. The summed E-state index contributed by atoms with van der Waals surface area (Å²) in [4.78, 5) is 7.40. The molecule has 4 aromatic rings. The maximum absolute atomic E-state index is 5.82. The summed E-state index contributed by atoms with van der Waals surface area (Å²) in [6.45, 7) is 0.408. The van der Waals surface area contributed by atoms with Gasteiger partial charge in [0.05, 0.1) is 24.2 Å². The lowest BCUT2D eigenvalue weighted by Gasteiger charge is -2.09. The largest absolute Gasteiger partial charge is 0.496 e. The average Bonchev–Trinajstić information content (AvgIpc) is 3.48. The second-order valence-corrected chi connectivity index (χ2v) is 6.55. The van der Waals surface area contributed by atoms with Gasteiger partial charge in [-0.2, -0.15) is 5.10 Å². The van der Waals surface area contributed by atoms with Crippen molar-refractivity contribution < 1.29 is 9.47 Å². The summed E-state index contributed by atoms with van der Waals surface area (Å²) in [5.41, 5.74) is 4.61. The van der Waals surface area contributed by atoms with Crippen LogP contribution in [0.5, 0.6) is 11.5 Å². The first kappa shape index (κ1) is 19.3. The summed E-state index contributed by atoms with van der Waals surface area (Å²) in [7, 11) is 1.65. The quantitative estimate of drug-likeness (QED) is 0.435. The zero-order valence-corrected chi connectivity index (χ0v) is 16.6. The van der Waals surface area contributed by atoms with Gasteiger partial charge in [0.15, 0.2) is 0 Å². The summed E-state index contributed by atoms with van der Waals surface area (Å²) in [5, 5.41) is 7.34.